The van der Waals surface area contributed by atoms with Crippen molar-refractivity contribution in [2.75, 3.05) is 16.8 Å². The Bertz CT molecular complexity index is 991. The highest BCUT2D eigenvalue weighted by Gasteiger charge is 2.39. The molecule has 2 aliphatic rings. The molecule has 2 N–H and O–H groups in total. The number of halogens is 2. The third kappa shape index (κ3) is 3.62. The molecule has 2 aliphatic heterocycles. The normalized spacial score (nSPS) is 20.4. The average molecular weight is 421 g/mol. The number of amides is 4. The van der Waals surface area contributed by atoms with Crippen molar-refractivity contribution >= 4 is 35.0 Å². The van der Waals surface area contributed by atoms with E-state index in [4.69, 9.17) is 11.6 Å². The van der Waals surface area contributed by atoms with Crippen LogP contribution in [0.4, 0.5) is 25.4 Å². The Balaban J connectivity index is 1.56. The summed E-state index contributed by atoms with van der Waals surface area (Å²) >= 11 is 5.80. The Morgan fingerprint density at radius 1 is 1.41 bits per heavy atom. The summed E-state index contributed by atoms with van der Waals surface area (Å²) in [6.45, 7) is 7.15. The summed E-state index contributed by atoms with van der Waals surface area (Å²) in [4.78, 5) is 28.6. The largest absolute Gasteiger partial charge is 0.331 e. The fraction of sp³-hybridized carbons (Fsp3) is 0.421. The van der Waals surface area contributed by atoms with Crippen LogP contribution in [-0.4, -0.2) is 44.9 Å². The van der Waals surface area contributed by atoms with Gasteiger partial charge in [-0.05, 0) is 39.0 Å². The van der Waals surface area contributed by atoms with Gasteiger partial charge in [-0.25, -0.2) is 14.0 Å². The molecule has 2 aromatic rings. The van der Waals surface area contributed by atoms with Crippen molar-refractivity contribution in [3.63, 3.8) is 0 Å². The number of nitrogens with one attached hydrogen (secondary N) is 2. The van der Waals surface area contributed by atoms with Crippen molar-refractivity contribution in [1.82, 2.24) is 20.0 Å². The number of nitrogens with zero attached hydrogens (tertiary/aromatic N) is 4. The maximum Gasteiger partial charge on any atom is 0.322 e. The van der Waals surface area contributed by atoms with Gasteiger partial charge in [-0.1, -0.05) is 11.6 Å². The smallest absolute Gasteiger partial charge is 0.322 e. The van der Waals surface area contributed by atoms with E-state index in [1.165, 1.54) is 18.2 Å². The fourth-order valence-electron chi connectivity index (χ4n) is 3.71. The van der Waals surface area contributed by atoms with Gasteiger partial charge in [0.1, 0.15) is 5.82 Å². The van der Waals surface area contributed by atoms with Crippen LogP contribution in [0.5, 0.6) is 0 Å². The molecule has 0 saturated carbocycles. The van der Waals surface area contributed by atoms with Gasteiger partial charge in [0, 0.05) is 5.69 Å². The Morgan fingerprint density at radius 2 is 2.17 bits per heavy atom. The molecule has 1 atom stereocenters. The number of hydrogen-bond acceptors (Lipinski definition) is 3. The highest BCUT2D eigenvalue weighted by atomic mass is 35.5. The van der Waals surface area contributed by atoms with E-state index in [0.29, 0.717) is 31.0 Å². The van der Waals surface area contributed by atoms with Crippen LogP contribution in [-0.2, 0) is 13.1 Å². The zero-order chi connectivity index (χ0) is 20.9. The standard InChI is InChI=1S/C19H22ClFN6O2/c1-11-8-27-16(15(7-22-27)26-10-19(2,3)24-18(26)29)9-25(11)17(28)23-12-4-5-14(21)13(20)6-12/h4-7,11H,8-10H2,1-3H3,(H,23,28)(H,24,29). The van der Waals surface area contributed by atoms with Crippen molar-refractivity contribution in [2.45, 2.75) is 45.4 Å². The Kier molecular flexibility index (Phi) is 4.65. The molecular formula is C19H22ClFN6O2. The first-order valence-electron chi connectivity index (χ1n) is 9.32. The minimum atomic E-state index is -0.545. The number of fused-ring (bicyclic) bond motifs is 1. The second-order valence-corrected chi connectivity index (χ2v) is 8.50. The van der Waals surface area contributed by atoms with Crippen LogP contribution in [0, 0.1) is 5.82 Å². The number of anilines is 2. The number of hydrogen-bond donors (Lipinski definition) is 2. The minimum absolute atomic E-state index is 0.0579. The quantitative estimate of drug-likeness (QED) is 0.780. The maximum absolute atomic E-state index is 13.4. The number of carbonyl (C=O) groups excluding carboxylic acids is 2. The topological polar surface area (TPSA) is 82.5 Å². The van der Waals surface area contributed by atoms with Crippen LogP contribution < -0.4 is 15.5 Å². The minimum Gasteiger partial charge on any atom is -0.331 e. The van der Waals surface area contributed by atoms with Gasteiger partial charge in [-0.2, -0.15) is 5.10 Å². The lowest BCUT2D eigenvalue weighted by Gasteiger charge is -2.35. The van der Waals surface area contributed by atoms with Crippen molar-refractivity contribution < 1.29 is 14.0 Å². The predicted molar refractivity (Wildman–Crippen MR) is 108 cm³/mol. The first kappa shape index (κ1) is 19.5. The van der Waals surface area contributed by atoms with Crippen LogP contribution in [0.15, 0.2) is 24.4 Å². The first-order chi connectivity index (χ1) is 13.6. The second kappa shape index (κ2) is 6.91. The number of benzene rings is 1. The summed E-state index contributed by atoms with van der Waals surface area (Å²) in [6, 6.07) is 3.41. The molecule has 29 heavy (non-hydrogen) atoms. The van der Waals surface area contributed by atoms with Gasteiger partial charge in [0.25, 0.3) is 0 Å². The summed E-state index contributed by atoms with van der Waals surface area (Å²) in [7, 11) is 0. The van der Waals surface area contributed by atoms with Gasteiger partial charge in [0.2, 0.25) is 0 Å². The molecule has 1 aromatic carbocycles. The van der Waals surface area contributed by atoms with Gasteiger partial charge in [-0.3, -0.25) is 9.58 Å². The summed E-state index contributed by atoms with van der Waals surface area (Å²) in [5.74, 6) is -0.545. The van der Waals surface area contributed by atoms with E-state index in [-0.39, 0.29) is 28.7 Å². The number of carbonyl (C=O) groups is 2. The maximum atomic E-state index is 13.4. The van der Waals surface area contributed by atoms with Crippen LogP contribution in [0.2, 0.25) is 5.02 Å². The van der Waals surface area contributed by atoms with Gasteiger partial charge < -0.3 is 15.5 Å². The van der Waals surface area contributed by atoms with Gasteiger partial charge in [-0.15, -0.1) is 0 Å². The summed E-state index contributed by atoms with van der Waals surface area (Å²) in [5, 5.41) is 10.0. The first-order valence-corrected chi connectivity index (χ1v) is 9.69. The average Bonchev–Trinajstić information content (AvgIpc) is 3.15. The van der Waals surface area contributed by atoms with Crippen LogP contribution in [0.3, 0.4) is 0 Å². The van der Waals surface area contributed by atoms with E-state index in [9.17, 15) is 14.0 Å². The highest BCUT2D eigenvalue weighted by Crippen LogP contribution is 2.31. The van der Waals surface area contributed by atoms with E-state index in [2.05, 4.69) is 15.7 Å². The lowest BCUT2D eigenvalue weighted by atomic mass is 10.1. The second-order valence-electron chi connectivity index (χ2n) is 8.09. The molecule has 10 heteroatoms. The lowest BCUT2D eigenvalue weighted by molar-refractivity contribution is 0.161. The molecule has 0 radical (unpaired) electrons. The molecule has 154 valence electrons. The zero-order valence-corrected chi connectivity index (χ0v) is 17.1. The monoisotopic (exact) mass is 420 g/mol. The third-order valence-electron chi connectivity index (χ3n) is 5.18. The molecule has 8 nitrogen and oxygen atoms in total. The molecule has 4 amide bonds. The van der Waals surface area contributed by atoms with E-state index in [0.717, 1.165) is 5.69 Å². The van der Waals surface area contributed by atoms with Crippen molar-refractivity contribution in [3.8, 4) is 0 Å². The number of urea groups is 2. The van der Waals surface area contributed by atoms with Crippen molar-refractivity contribution in [2.24, 2.45) is 0 Å². The Morgan fingerprint density at radius 3 is 2.83 bits per heavy atom. The molecule has 1 saturated heterocycles. The van der Waals surface area contributed by atoms with Gasteiger partial charge >= 0.3 is 12.1 Å². The predicted octanol–water partition coefficient (Wildman–Crippen LogP) is 3.42. The van der Waals surface area contributed by atoms with Crippen molar-refractivity contribution in [3.05, 3.63) is 40.9 Å². The van der Waals surface area contributed by atoms with Gasteiger partial charge in [0.15, 0.2) is 0 Å². The molecule has 1 fully saturated rings. The molecule has 0 aliphatic carbocycles. The van der Waals surface area contributed by atoms with Crippen LogP contribution >= 0.6 is 11.6 Å². The van der Waals surface area contributed by atoms with Crippen LogP contribution in [0.1, 0.15) is 26.5 Å². The van der Waals surface area contributed by atoms with Crippen LogP contribution in [0.25, 0.3) is 0 Å². The number of aromatic nitrogens is 2. The van der Waals surface area contributed by atoms with Crippen molar-refractivity contribution in [1.29, 1.82) is 0 Å². The summed E-state index contributed by atoms with van der Waals surface area (Å²) in [5.41, 5.74) is 1.56. The summed E-state index contributed by atoms with van der Waals surface area (Å²) in [6.07, 6.45) is 1.67. The van der Waals surface area contributed by atoms with Gasteiger partial charge in [0.05, 0.1) is 53.8 Å². The molecule has 0 spiro atoms. The highest BCUT2D eigenvalue weighted by molar-refractivity contribution is 6.31. The van der Waals surface area contributed by atoms with E-state index >= 15 is 0 Å². The molecule has 1 unspecified atom stereocenters. The molecule has 1 aromatic heterocycles. The van der Waals surface area contributed by atoms with E-state index in [1.807, 2.05) is 25.5 Å². The molecule has 3 heterocycles. The zero-order valence-electron chi connectivity index (χ0n) is 16.4. The van der Waals surface area contributed by atoms with E-state index < -0.39 is 5.82 Å². The SMILES string of the molecule is CC1Cn2ncc(N3CC(C)(C)NC3=O)c2CN1C(=O)Nc1ccc(F)c(Cl)c1. The fourth-order valence-corrected chi connectivity index (χ4v) is 3.89. The Hall–Kier alpha value is -2.81. The molecule has 4 rings (SSSR count). The van der Waals surface area contributed by atoms with E-state index in [1.54, 1.807) is 16.0 Å². The third-order valence-corrected chi connectivity index (χ3v) is 5.47. The molecule has 0 bridgehead atoms. The summed E-state index contributed by atoms with van der Waals surface area (Å²) < 4.78 is 15.2. The Labute approximate surface area is 172 Å². The molecular weight excluding hydrogens is 399 g/mol. The number of rotatable bonds is 2. The lowest BCUT2D eigenvalue weighted by Crippen LogP contribution is -2.47.